The Kier molecular flexibility index (Phi) is 2.66. The van der Waals surface area contributed by atoms with Crippen LogP contribution in [0.25, 0.3) is 43.6 Å². The maximum absolute atomic E-state index is 4.87. The zero-order valence-corrected chi connectivity index (χ0v) is 14.6. The molecule has 0 N–H and O–H groups in total. The van der Waals surface area contributed by atoms with Gasteiger partial charge in [-0.25, -0.2) is 0 Å². The van der Waals surface area contributed by atoms with Crippen molar-refractivity contribution in [1.29, 1.82) is 0 Å². The Morgan fingerprint density at radius 2 is 1.42 bits per heavy atom. The molecule has 1 aromatic heterocycles. The lowest BCUT2D eigenvalue weighted by molar-refractivity contribution is 1.14. The van der Waals surface area contributed by atoms with Gasteiger partial charge in [0.1, 0.15) is 0 Å². The first kappa shape index (κ1) is 14.0. The minimum Gasteiger partial charge on any atom is -0.253 e. The van der Waals surface area contributed by atoms with Crippen molar-refractivity contribution in [3.05, 3.63) is 89.6 Å². The quantitative estimate of drug-likeness (QED) is 0.293. The molecule has 0 radical (unpaired) electrons. The van der Waals surface area contributed by atoms with Crippen molar-refractivity contribution in [2.45, 2.75) is 13.3 Å². The van der Waals surface area contributed by atoms with Gasteiger partial charge >= 0.3 is 0 Å². The molecule has 0 amide bonds. The lowest BCUT2D eigenvalue weighted by Crippen LogP contribution is -1.93. The molecule has 0 saturated heterocycles. The van der Waals surface area contributed by atoms with Gasteiger partial charge in [-0.15, -0.1) is 0 Å². The van der Waals surface area contributed by atoms with Gasteiger partial charge in [-0.3, -0.25) is 4.98 Å². The lowest BCUT2D eigenvalue weighted by Gasteiger charge is -2.13. The van der Waals surface area contributed by atoms with Crippen LogP contribution in [0.4, 0.5) is 0 Å². The van der Waals surface area contributed by atoms with Gasteiger partial charge in [-0.1, -0.05) is 66.7 Å². The molecule has 5 aromatic rings. The van der Waals surface area contributed by atoms with E-state index in [0.29, 0.717) is 0 Å². The second kappa shape index (κ2) is 4.92. The topological polar surface area (TPSA) is 12.9 Å². The minimum absolute atomic E-state index is 0.980. The van der Waals surface area contributed by atoms with Crippen LogP contribution >= 0.6 is 0 Å². The smallest absolute Gasteiger partial charge is 0.0711 e. The fourth-order valence-corrected chi connectivity index (χ4v) is 4.64. The molecule has 0 spiro atoms. The molecular formula is C25H17N. The van der Waals surface area contributed by atoms with E-state index >= 15 is 0 Å². The predicted octanol–water partition coefficient (Wildman–Crippen LogP) is 6.42. The number of benzene rings is 4. The number of fused-ring (bicyclic) bond motifs is 9. The highest BCUT2D eigenvalue weighted by molar-refractivity contribution is 6.18. The monoisotopic (exact) mass is 331 g/mol. The van der Waals surface area contributed by atoms with Crippen molar-refractivity contribution in [2.24, 2.45) is 0 Å². The van der Waals surface area contributed by atoms with Crippen LogP contribution in [-0.4, -0.2) is 4.98 Å². The molecule has 1 heterocycles. The highest BCUT2D eigenvalue weighted by atomic mass is 14.7. The Balaban J connectivity index is 1.89. The molecule has 1 heteroatoms. The summed E-state index contributed by atoms with van der Waals surface area (Å²) < 4.78 is 0. The summed E-state index contributed by atoms with van der Waals surface area (Å²) in [4.78, 5) is 4.87. The van der Waals surface area contributed by atoms with Gasteiger partial charge in [0.2, 0.25) is 0 Å². The maximum atomic E-state index is 4.87. The van der Waals surface area contributed by atoms with E-state index in [1.54, 1.807) is 0 Å². The van der Waals surface area contributed by atoms with Crippen molar-refractivity contribution in [2.75, 3.05) is 0 Å². The van der Waals surface area contributed by atoms with E-state index in [1.165, 1.54) is 49.2 Å². The van der Waals surface area contributed by atoms with Crippen molar-refractivity contribution in [3.63, 3.8) is 0 Å². The number of aromatic nitrogens is 1. The lowest BCUT2D eigenvalue weighted by atomic mass is 9.92. The van der Waals surface area contributed by atoms with Crippen molar-refractivity contribution >= 4 is 32.4 Å². The Labute approximate surface area is 151 Å². The van der Waals surface area contributed by atoms with Gasteiger partial charge in [0, 0.05) is 17.5 Å². The molecule has 4 aromatic carbocycles. The third-order valence-corrected chi connectivity index (χ3v) is 5.81. The zero-order valence-electron chi connectivity index (χ0n) is 14.6. The van der Waals surface area contributed by atoms with Crippen molar-refractivity contribution < 1.29 is 0 Å². The molecule has 0 saturated carbocycles. The highest BCUT2D eigenvalue weighted by Crippen LogP contribution is 2.47. The molecular weight excluding hydrogens is 314 g/mol. The normalized spacial score (nSPS) is 12.7. The number of hydrogen-bond acceptors (Lipinski definition) is 1. The van der Waals surface area contributed by atoms with Crippen LogP contribution in [-0.2, 0) is 6.42 Å². The molecule has 26 heavy (non-hydrogen) atoms. The van der Waals surface area contributed by atoms with Gasteiger partial charge in [0.15, 0.2) is 0 Å². The summed E-state index contributed by atoms with van der Waals surface area (Å²) in [5, 5.41) is 6.61. The van der Waals surface area contributed by atoms with Gasteiger partial charge in [0.05, 0.1) is 5.52 Å². The first-order valence-electron chi connectivity index (χ1n) is 9.13. The summed E-state index contributed by atoms with van der Waals surface area (Å²) in [6, 6.07) is 26.4. The first-order valence-corrected chi connectivity index (χ1v) is 9.13. The van der Waals surface area contributed by atoms with Gasteiger partial charge in [-0.2, -0.15) is 0 Å². The summed E-state index contributed by atoms with van der Waals surface area (Å²) in [5.41, 5.74) is 7.86. The van der Waals surface area contributed by atoms with Crippen LogP contribution in [0.3, 0.4) is 0 Å². The van der Waals surface area contributed by atoms with E-state index in [2.05, 4.69) is 79.7 Å². The van der Waals surface area contributed by atoms with E-state index in [-0.39, 0.29) is 0 Å². The van der Waals surface area contributed by atoms with Crippen LogP contribution in [0, 0.1) is 6.92 Å². The molecule has 1 nitrogen and oxygen atoms in total. The number of para-hydroxylation sites is 1. The molecule has 0 aliphatic heterocycles. The Bertz CT molecular complexity index is 1360. The van der Waals surface area contributed by atoms with Crippen LogP contribution in [0.15, 0.2) is 72.8 Å². The van der Waals surface area contributed by atoms with Gasteiger partial charge in [0.25, 0.3) is 0 Å². The van der Waals surface area contributed by atoms with E-state index in [0.717, 1.165) is 17.6 Å². The standard InChI is InChI=1S/C25H17N/c1-15-21-14-18-13-12-17-11-10-16-6-2-3-7-19(16)23(17)24(18)25(21)20-8-4-5-9-22(20)26-15/h2-13H,14H2,1H3. The molecule has 0 bridgehead atoms. The molecule has 122 valence electrons. The average molecular weight is 331 g/mol. The number of nitrogens with zero attached hydrogens (tertiary/aromatic N) is 1. The maximum Gasteiger partial charge on any atom is 0.0711 e. The largest absolute Gasteiger partial charge is 0.253 e. The molecule has 0 atom stereocenters. The Morgan fingerprint density at radius 1 is 0.692 bits per heavy atom. The fourth-order valence-electron chi connectivity index (χ4n) is 4.64. The number of aryl methyl sites for hydroxylation is 1. The second-order valence-corrected chi connectivity index (χ2v) is 7.23. The van der Waals surface area contributed by atoms with Crippen LogP contribution < -0.4 is 0 Å². The van der Waals surface area contributed by atoms with E-state index in [1.807, 2.05) is 0 Å². The molecule has 1 aliphatic rings. The molecule has 0 unspecified atom stereocenters. The number of hydrogen-bond donors (Lipinski definition) is 0. The molecule has 0 fully saturated rings. The number of pyridine rings is 1. The number of rotatable bonds is 0. The molecule has 6 rings (SSSR count). The van der Waals surface area contributed by atoms with Crippen molar-refractivity contribution in [3.8, 4) is 11.1 Å². The fraction of sp³-hybridized carbons (Fsp3) is 0.0800. The predicted molar refractivity (Wildman–Crippen MR) is 110 cm³/mol. The minimum atomic E-state index is 0.980. The zero-order chi connectivity index (χ0) is 17.3. The summed E-state index contributed by atoms with van der Waals surface area (Å²) in [6.07, 6.45) is 0.980. The van der Waals surface area contributed by atoms with Gasteiger partial charge in [-0.05, 0) is 56.8 Å². The third kappa shape index (κ3) is 1.72. The Hall–Kier alpha value is -3.19. The highest BCUT2D eigenvalue weighted by Gasteiger charge is 2.26. The van der Waals surface area contributed by atoms with Crippen LogP contribution in [0.2, 0.25) is 0 Å². The van der Waals surface area contributed by atoms with E-state index in [9.17, 15) is 0 Å². The molecule has 1 aliphatic carbocycles. The summed E-state index contributed by atoms with van der Waals surface area (Å²) in [7, 11) is 0. The second-order valence-electron chi connectivity index (χ2n) is 7.23. The third-order valence-electron chi connectivity index (χ3n) is 5.81. The van der Waals surface area contributed by atoms with Crippen molar-refractivity contribution in [1.82, 2.24) is 4.98 Å². The summed E-state index contributed by atoms with van der Waals surface area (Å²) in [6.45, 7) is 2.15. The van der Waals surface area contributed by atoms with E-state index in [4.69, 9.17) is 4.98 Å². The van der Waals surface area contributed by atoms with Gasteiger partial charge < -0.3 is 0 Å². The summed E-state index contributed by atoms with van der Waals surface area (Å²) in [5.74, 6) is 0. The van der Waals surface area contributed by atoms with Crippen LogP contribution in [0.5, 0.6) is 0 Å². The Morgan fingerprint density at radius 3 is 2.35 bits per heavy atom. The van der Waals surface area contributed by atoms with E-state index < -0.39 is 0 Å². The average Bonchev–Trinajstić information content (AvgIpc) is 3.08. The summed E-state index contributed by atoms with van der Waals surface area (Å²) >= 11 is 0. The first-order chi connectivity index (χ1) is 12.8. The SMILES string of the molecule is Cc1nc2ccccc2c2c1Cc1ccc3ccc4ccccc4c3c1-2. The van der Waals surface area contributed by atoms with Crippen LogP contribution in [0.1, 0.15) is 16.8 Å².